The van der Waals surface area contributed by atoms with Crippen LogP contribution in [0.2, 0.25) is 0 Å². The minimum absolute atomic E-state index is 0.0993. The van der Waals surface area contributed by atoms with E-state index in [0.717, 1.165) is 26.0 Å². The van der Waals surface area contributed by atoms with Crippen LogP contribution in [-0.4, -0.2) is 62.4 Å². The van der Waals surface area contributed by atoms with Crippen LogP contribution >= 0.6 is 0 Å². The van der Waals surface area contributed by atoms with Crippen LogP contribution in [0, 0.1) is 0 Å². The average molecular weight is 242 g/mol. The number of ether oxygens (including phenoxy) is 2. The van der Waals surface area contributed by atoms with E-state index in [4.69, 9.17) is 9.47 Å². The first-order valence-electron chi connectivity index (χ1n) is 6.28. The Morgan fingerprint density at radius 3 is 2.82 bits per heavy atom. The van der Waals surface area contributed by atoms with Gasteiger partial charge in [-0.15, -0.1) is 0 Å². The Bertz CT molecular complexity index is 285. The van der Waals surface area contributed by atoms with Gasteiger partial charge in [0.05, 0.1) is 24.3 Å². The van der Waals surface area contributed by atoms with E-state index in [-0.39, 0.29) is 30.2 Å². The van der Waals surface area contributed by atoms with Gasteiger partial charge in [-0.3, -0.25) is 4.79 Å². The molecule has 98 valence electrons. The van der Waals surface area contributed by atoms with Crippen molar-refractivity contribution in [1.82, 2.24) is 10.2 Å². The summed E-state index contributed by atoms with van der Waals surface area (Å²) in [6, 6.07) is 0.114. The molecule has 5 nitrogen and oxygen atoms in total. The molecule has 0 aliphatic carbocycles. The molecule has 2 rings (SSSR count). The van der Waals surface area contributed by atoms with Gasteiger partial charge in [0.15, 0.2) is 0 Å². The Hall–Kier alpha value is -0.650. The van der Waals surface area contributed by atoms with Crippen molar-refractivity contribution in [3.05, 3.63) is 0 Å². The molecular weight excluding hydrogens is 220 g/mol. The predicted molar refractivity (Wildman–Crippen MR) is 63.8 cm³/mol. The smallest absolute Gasteiger partial charge is 0.239 e. The fraction of sp³-hybridized carbons (Fsp3) is 0.917. The number of hydrogen-bond acceptors (Lipinski definition) is 4. The maximum Gasteiger partial charge on any atom is 0.239 e. The third-order valence-corrected chi connectivity index (χ3v) is 3.90. The zero-order chi connectivity index (χ0) is 12.4. The Morgan fingerprint density at radius 2 is 2.29 bits per heavy atom. The molecule has 2 aliphatic heterocycles. The largest absolute Gasteiger partial charge is 0.380 e. The summed E-state index contributed by atoms with van der Waals surface area (Å²) in [5.74, 6) is 0.159. The fourth-order valence-electron chi connectivity index (χ4n) is 2.71. The Kier molecular flexibility index (Phi) is 4.01. The van der Waals surface area contributed by atoms with Crippen LogP contribution in [0.4, 0.5) is 0 Å². The van der Waals surface area contributed by atoms with Gasteiger partial charge < -0.3 is 19.7 Å². The van der Waals surface area contributed by atoms with E-state index in [9.17, 15) is 4.79 Å². The van der Waals surface area contributed by atoms with E-state index < -0.39 is 0 Å². The van der Waals surface area contributed by atoms with Gasteiger partial charge in [0, 0.05) is 27.3 Å². The summed E-state index contributed by atoms with van der Waals surface area (Å²) in [6.45, 7) is 3.54. The summed E-state index contributed by atoms with van der Waals surface area (Å²) in [5.41, 5.74) is 0. The van der Waals surface area contributed by atoms with Crippen molar-refractivity contribution in [2.24, 2.45) is 0 Å². The summed E-state index contributed by atoms with van der Waals surface area (Å²) >= 11 is 0. The first-order valence-corrected chi connectivity index (χ1v) is 6.28. The van der Waals surface area contributed by atoms with Crippen LogP contribution < -0.4 is 5.32 Å². The molecule has 2 fully saturated rings. The van der Waals surface area contributed by atoms with Crippen molar-refractivity contribution >= 4 is 5.91 Å². The maximum absolute atomic E-state index is 12.3. The van der Waals surface area contributed by atoms with Gasteiger partial charge in [0.2, 0.25) is 5.91 Å². The lowest BCUT2D eigenvalue weighted by Gasteiger charge is -2.29. The third-order valence-electron chi connectivity index (χ3n) is 3.90. The molecule has 0 aromatic heterocycles. The Labute approximate surface area is 102 Å². The molecule has 17 heavy (non-hydrogen) atoms. The first-order chi connectivity index (χ1) is 8.13. The number of carbonyl (C=O) groups is 1. The van der Waals surface area contributed by atoms with Gasteiger partial charge in [-0.25, -0.2) is 0 Å². The van der Waals surface area contributed by atoms with Gasteiger partial charge in [0.1, 0.15) is 0 Å². The lowest BCUT2D eigenvalue weighted by Crippen LogP contribution is -2.48. The van der Waals surface area contributed by atoms with Gasteiger partial charge in [-0.2, -0.15) is 0 Å². The molecule has 0 aromatic carbocycles. The number of methoxy groups -OCH3 is 1. The van der Waals surface area contributed by atoms with E-state index in [0.29, 0.717) is 0 Å². The van der Waals surface area contributed by atoms with Crippen molar-refractivity contribution in [3.8, 4) is 0 Å². The molecule has 4 atom stereocenters. The first kappa shape index (κ1) is 12.8. The molecule has 5 heteroatoms. The minimum Gasteiger partial charge on any atom is -0.380 e. The van der Waals surface area contributed by atoms with E-state index in [1.165, 1.54) is 0 Å². The molecule has 0 saturated carbocycles. The highest BCUT2D eigenvalue weighted by Crippen LogP contribution is 2.20. The Morgan fingerprint density at radius 1 is 1.53 bits per heavy atom. The van der Waals surface area contributed by atoms with Crippen LogP contribution in [0.15, 0.2) is 0 Å². The van der Waals surface area contributed by atoms with Crippen LogP contribution in [-0.2, 0) is 14.3 Å². The van der Waals surface area contributed by atoms with Crippen molar-refractivity contribution in [1.29, 1.82) is 0 Å². The van der Waals surface area contributed by atoms with Crippen LogP contribution in [0.5, 0.6) is 0 Å². The number of rotatable bonds is 3. The van der Waals surface area contributed by atoms with Crippen molar-refractivity contribution in [3.63, 3.8) is 0 Å². The monoisotopic (exact) mass is 242 g/mol. The summed E-state index contributed by atoms with van der Waals surface area (Å²) in [5, 5.41) is 3.22. The van der Waals surface area contributed by atoms with Crippen LogP contribution in [0.1, 0.15) is 19.8 Å². The number of nitrogens with zero attached hydrogens (tertiary/aromatic N) is 1. The van der Waals surface area contributed by atoms with Gasteiger partial charge in [-0.05, 0) is 19.8 Å². The van der Waals surface area contributed by atoms with E-state index in [1.54, 1.807) is 7.11 Å². The molecular formula is C12H22N2O3. The van der Waals surface area contributed by atoms with Gasteiger partial charge in [-0.1, -0.05) is 0 Å². The second kappa shape index (κ2) is 5.33. The normalized spacial score (nSPS) is 37.4. The summed E-state index contributed by atoms with van der Waals surface area (Å²) in [7, 11) is 3.57. The molecule has 2 aliphatic rings. The number of likely N-dealkylation sites (N-methyl/N-ethyl adjacent to an activating group) is 1. The SMILES string of the molecule is COC1CNC(C(=O)N(C)C2CCOC2C)C1. The van der Waals surface area contributed by atoms with Crippen LogP contribution in [0.25, 0.3) is 0 Å². The molecule has 0 bridgehead atoms. The summed E-state index contributed by atoms with van der Waals surface area (Å²) in [4.78, 5) is 14.1. The Balaban J connectivity index is 1.91. The van der Waals surface area contributed by atoms with E-state index in [1.807, 2.05) is 18.9 Å². The second-order valence-electron chi connectivity index (χ2n) is 4.94. The standard InChI is InChI=1S/C12H22N2O3/c1-8-11(4-5-17-8)14(2)12(15)10-6-9(16-3)7-13-10/h8-11,13H,4-7H2,1-3H3. The molecule has 0 spiro atoms. The highest BCUT2D eigenvalue weighted by atomic mass is 16.5. The molecule has 0 radical (unpaired) electrons. The maximum atomic E-state index is 12.3. The predicted octanol–water partition coefficient (Wildman–Crippen LogP) is -0.000900. The molecule has 4 unspecified atom stereocenters. The molecule has 1 N–H and O–H groups in total. The lowest BCUT2D eigenvalue weighted by atomic mass is 10.1. The molecule has 0 aromatic rings. The molecule has 2 saturated heterocycles. The average Bonchev–Trinajstić information content (AvgIpc) is 2.95. The highest BCUT2D eigenvalue weighted by Gasteiger charge is 2.36. The summed E-state index contributed by atoms with van der Waals surface area (Å²) in [6.07, 6.45) is 2.00. The van der Waals surface area contributed by atoms with Crippen LogP contribution in [0.3, 0.4) is 0 Å². The lowest BCUT2D eigenvalue weighted by molar-refractivity contribution is -0.135. The molecule has 2 heterocycles. The van der Waals surface area contributed by atoms with Crippen molar-refractivity contribution in [2.75, 3.05) is 27.3 Å². The topological polar surface area (TPSA) is 50.8 Å². The van der Waals surface area contributed by atoms with Crippen molar-refractivity contribution < 1.29 is 14.3 Å². The quantitative estimate of drug-likeness (QED) is 0.757. The fourth-order valence-corrected chi connectivity index (χ4v) is 2.71. The minimum atomic E-state index is -0.0993. The number of hydrogen-bond donors (Lipinski definition) is 1. The highest BCUT2D eigenvalue weighted by molar-refractivity contribution is 5.82. The number of amides is 1. The zero-order valence-electron chi connectivity index (χ0n) is 10.8. The number of carbonyl (C=O) groups excluding carboxylic acids is 1. The van der Waals surface area contributed by atoms with E-state index in [2.05, 4.69) is 5.32 Å². The van der Waals surface area contributed by atoms with E-state index >= 15 is 0 Å². The van der Waals surface area contributed by atoms with Gasteiger partial charge >= 0.3 is 0 Å². The zero-order valence-corrected chi connectivity index (χ0v) is 10.8. The summed E-state index contributed by atoms with van der Waals surface area (Å²) < 4.78 is 10.8. The number of nitrogens with one attached hydrogen (secondary N) is 1. The third kappa shape index (κ3) is 2.61. The van der Waals surface area contributed by atoms with Crippen molar-refractivity contribution in [2.45, 2.75) is 44.1 Å². The molecule has 1 amide bonds. The second-order valence-corrected chi connectivity index (χ2v) is 4.94. The van der Waals surface area contributed by atoms with Gasteiger partial charge in [0.25, 0.3) is 0 Å².